The number of benzene rings is 1. The maximum atomic E-state index is 12.0. The quantitative estimate of drug-likeness (QED) is 0.813. The second kappa shape index (κ2) is 4.15. The first-order valence-corrected chi connectivity index (χ1v) is 5.89. The van der Waals surface area contributed by atoms with E-state index < -0.39 is 11.0 Å². The molecule has 0 unspecified atom stereocenters. The van der Waals surface area contributed by atoms with Crippen LogP contribution in [0.2, 0.25) is 0 Å². The van der Waals surface area contributed by atoms with Gasteiger partial charge in [0.25, 0.3) is 0 Å². The third-order valence-electron chi connectivity index (χ3n) is 3.52. The van der Waals surface area contributed by atoms with Crippen LogP contribution in [0.4, 0.5) is 0 Å². The van der Waals surface area contributed by atoms with E-state index in [0.29, 0.717) is 12.8 Å². The number of carbonyl (C=O) groups excluding carboxylic acids is 1. The number of hydrogen-bond acceptors (Lipinski definition) is 3. The van der Waals surface area contributed by atoms with Gasteiger partial charge in [0.15, 0.2) is 0 Å². The van der Waals surface area contributed by atoms with E-state index >= 15 is 0 Å². The molecular formula is C14H18O3. The number of carbonyl (C=O) groups is 1. The highest BCUT2D eigenvalue weighted by Crippen LogP contribution is 2.54. The van der Waals surface area contributed by atoms with Crippen molar-refractivity contribution in [2.24, 2.45) is 5.41 Å². The molecule has 2 rings (SSSR count). The molecule has 0 heterocycles. The molecule has 0 amide bonds. The highest BCUT2D eigenvalue weighted by atomic mass is 16.5. The Morgan fingerprint density at radius 3 is 2.41 bits per heavy atom. The van der Waals surface area contributed by atoms with Crippen LogP contribution in [0.1, 0.15) is 32.3 Å². The van der Waals surface area contributed by atoms with Gasteiger partial charge < -0.3 is 9.84 Å². The van der Waals surface area contributed by atoms with Crippen LogP contribution >= 0.6 is 0 Å². The smallest absolute Gasteiger partial charge is 0.315 e. The summed E-state index contributed by atoms with van der Waals surface area (Å²) in [5, 5.41) is 9.97. The summed E-state index contributed by atoms with van der Waals surface area (Å²) in [6.07, 6.45) is 1.42. The number of hydrogen-bond donors (Lipinski definition) is 1. The first-order valence-electron chi connectivity index (χ1n) is 5.89. The SMILES string of the molecule is CC(C)(O)C1(C(=O)OCc2ccccc2)CC1. The van der Waals surface area contributed by atoms with E-state index in [1.54, 1.807) is 13.8 Å². The van der Waals surface area contributed by atoms with E-state index in [0.717, 1.165) is 5.56 Å². The Labute approximate surface area is 101 Å². The van der Waals surface area contributed by atoms with E-state index in [2.05, 4.69) is 0 Å². The molecule has 0 bridgehead atoms. The first-order chi connectivity index (χ1) is 7.96. The van der Waals surface area contributed by atoms with E-state index in [9.17, 15) is 9.90 Å². The molecule has 3 heteroatoms. The van der Waals surface area contributed by atoms with Crippen molar-refractivity contribution >= 4 is 5.97 Å². The van der Waals surface area contributed by atoms with E-state index in [-0.39, 0.29) is 12.6 Å². The molecule has 0 saturated heterocycles. The maximum absolute atomic E-state index is 12.0. The minimum absolute atomic E-state index is 0.275. The van der Waals surface area contributed by atoms with Crippen molar-refractivity contribution in [3.63, 3.8) is 0 Å². The van der Waals surface area contributed by atoms with Crippen LogP contribution in [-0.4, -0.2) is 16.7 Å². The van der Waals surface area contributed by atoms with Crippen molar-refractivity contribution < 1.29 is 14.6 Å². The predicted molar refractivity (Wildman–Crippen MR) is 64.2 cm³/mol. The Hall–Kier alpha value is -1.35. The molecule has 92 valence electrons. The molecule has 0 atom stereocenters. The highest BCUT2D eigenvalue weighted by Gasteiger charge is 2.61. The van der Waals surface area contributed by atoms with Crippen molar-refractivity contribution in [3.05, 3.63) is 35.9 Å². The molecule has 1 fully saturated rings. The van der Waals surface area contributed by atoms with E-state index in [1.807, 2.05) is 30.3 Å². The average molecular weight is 234 g/mol. The van der Waals surface area contributed by atoms with Gasteiger partial charge in [-0.15, -0.1) is 0 Å². The van der Waals surface area contributed by atoms with Gasteiger partial charge >= 0.3 is 5.97 Å². The van der Waals surface area contributed by atoms with Crippen molar-refractivity contribution in [1.29, 1.82) is 0 Å². The van der Waals surface area contributed by atoms with E-state index in [4.69, 9.17) is 4.74 Å². The van der Waals surface area contributed by atoms with Crippen LogP contribution in [0.15, 0.2) is 30.3 Å². The monoisotopic (exact) mass is 234 g/mol. The summed E-state index contributed by atoms with van der Waals surface area (Å²) >= 11 is 0. The summed E-state index contributed by atoms with van der Waals surface area (Å²) in [5.74, 6) is -0.283. The topological polar surface area (TPSA) is 46.5 Å². The maximum Gasteiger partial charge on any atom is 0.315 e. The predicted octanol–water partition coefficient (Wildman–Crippen LogP) is 2.28. The molecule has 0 aliphatic heterocycles. The molecule has 0 aromatic heterocycles. The van der Waals surface area contributed by atoms with Crippen molar-refractivity contribution in [2.45, 2.75) is 38.9 Å². The van der Waals surface area contributed by atoms with Gasteiger partial charge in [-0.05, 0) is 32.3 Å². The fourth-order valence-electron chi connectivity index (χ4n) is 2.05. The summed E-state index contributed by atoms with van der Waals surface area (Å²) in [4.78, 5) is 12.0. The standard InChI is InChI=1S/C14H18O3/c1-13(2,16)14(8-9-14)12(15)17-10-11-6-4-3-5-7-11/h3-7,16H,8-10H2,1-2H3. The molecule has 1 N–H and O–H groups in total. The Bertz CT molecular complexity index is 399. The molecule has 1 aromatic carbocycles. The molecule has 0 radical (unpaired) electrons. The molecule has 1 aromatic rings. The zero-order valence-electron chi connectivity index (χ0n) is 10.3. The molecule has 1 saturated carbocycles. The van der Waals surface area contributed by atoms with Crippen molar-refractivity contribution in [2.75, 3.05) is 0 Å². The Kier molecular flexibility index (Phi) is 2.96. The fraction of sp³-hybridized carbons (Fsp3) is 0.500. The second-order valence-electron chi connectivity index (χ2n) is 5.20. The van der Waals surface area contributed by atoms with E-state index in [1.165, 1.54) is 0 Å². The van der Waals surface area contributed by atoms with Gasteiger partial charge in [-0.2, -0.15) is 0 Å². The lowest BCUT2D eigenvalue weighted by Gasteiger charge is -2.27. The van der Waals surface area contributed by atoms with Gasteiger partial charge in [0.2, 0.25) is 0 Å². The minimum Gasteiger partial charge on any atom is -0.460 e. The van der Waals surface area contributed by atoms with Gasteiger partial charge in [0.05, 0.1) is 11.0 Å². The molecular weight excluding hydrogens is 216 g/mol. The van der Waals surface area contributed by atoms with Crippen LogP contribution in [0.25, 0.3) is 0 Å². The van der Waals surface area contributed by atoms with Crippen LogP contribution in [-0.2, 0) is 16.1 Å². The van der Waals surface area contributed by atoms with Crippen molar-refractivity contribution in [3.8, 4) is 0 Å². The van der Waals surface area contributed by atoms with Crippen LogP contribution in [0, 0.1) is 5.41 Å². The largest absolute Gasteiger partial charge is 0.460 e. The molecule has 1 aliphatic rings. The number of ether oxygens (including phenoxy) is 1. The van der Waals surface area contributed by atoms with Crippen LogP contribution in [0.3, 0.4) is 0 Å². The lowest BCUT2D eigenvalue weighted by Crippen LogP contribution is -2.39. The molecule has 3 nitrogen and oxygen atoms in total. The normalized spacial score (nSPS) is 17.6. The molecule has 1 aliphatic carbocycles. The second-order valence-corrected chi connectivity index (χ2v) is 5.20. The lowest BCUT2D eigenvalue weighted by atomic mass is 9.88. The third kappa shape index (κ3) is 2.34. The van der Waals surface area contributed by atoms with Crippen molar-refractivity contribution in [1.82, 2.24) is 0 Å². The van der Waals surface area contributed by atoms with Crippen LogP contribution in [0.5, 0.6) is 0 Å². The number of aliphatic hydroxyl groups is 1. The van der Waals surface area contributed by atoms with Gasteiger partial charge in [0, 0.05) is 0 Å². The first kappa shape index (κ1) is 12.1. The minimum atomic E-state index is -0.999. The summed E-state index contributed by atoms with van der Waals surface area (Å²) in [7, 11) is 0. The Morgan fingerprint density at radius 2 is 1.94 bits per heavy atom. The molecule has 0 spiro atoms. The Balaban J connectivity index is 1.95. The summed E-state index contributed by atoms with van der Waals surface area (Å²) in [6.45, 7) is 3.62. The summed E-state index contributed by atoms with van der Waals surface area (Å²) in [5.41, 5.74) is -0.713. The lowest BCUT2D eigenvalue weighted by molar-refractivity contribution is -0.161. The summed E-state index contributed by atoms with van der Waals surface area (Å²) in [6, 6.07) is 9.57. The van der Waals surface area contributed by atoms with Gasteiger partial charge in [-0.3, -0.25) is 4.79 Å². The third-order valence-corrected chi connectivity index (χ3v) is 3.52. The summed E-state index contributed by atoms with van der Waals surface area (Å²) < 4.78 is 5.28. The number of rotatable bonds is 4. The van der Waals surface area contributed by atoms with Crippen LogP contribution < -0.4 is 0 Å². The highest BCUT2D eigenvalue weighted by molar-refractivity contribution is 5.81. The van der Waals surface area contributed by atoms with Gasteiger partial charge in [-0.25, -0.2) is 0 Å². The zero-order chi connectivity index (χ0) is 12.5. The average Bonchev–Trinajstić information content (AvgIpc) is 3.07. The Morgan fingerprint density at radius 1 is 1.35 bits per heavy atom. The zero-order valence-corrected chi connectivity index (χ0v) is 10.3. The fourth-order valence-corrected chi connectivity index (χ4v) is 2.05. The van der Waals surface area contributed by atoms with Gasteiger partial charge in [-0.1, -0.05) is 30.3 Å². The van der Waals surface area contributed by atoms with Gasteiger partial charge in [0.1, 0.15) is 6.61 Å². The number of esters is 1. The molecule has 17 heavy (non-hydrogen) atoms.